The van der Waals surface area contributed by atoms with E-state index in [1.807, 2.05) is 56.3 Å². The number of carboxylic acid groups (broad SMARTS) is 1. The number of hydrogen-bond acceptors (Lipinski definition) is 24. The van der Waals surface area contributed by atoms with Gasteiger partial charge in [-0.3, -0.25) is 0 Å². The molecule has 0 aliphatic carbocycles. The monoisotopic (exact) mass is 1400 g/mol. The molecule has 0 bridgehead atoms. The number of carboxylic acids is 1. The minimum atomic E-state index is -1.08. The van der Waals surface area contributed by atoms with Crippen LogP contribution in [-0.2, 0) is 114 Å². The molecule has 4 aromatic carbocycles. The molecule has 99 heavy (non-hydrogen) atoms. The number of nitrogens with zero attached hydrogens (tertiary/aromatic N) is 3. The van der Waals surface area contributed by atoms with Gasteiger partial charge >= 0.3 is 41.5 Å². The maximum absolute atomic E-state index is 10.7. The fourth-order valence-electron chi connectivity index (χ4n) is 9.67. The van der Waals surface area contributed by atoms with Gasteiger partial charge in [0.05, 0.1) is 129 Å². The van der Waals surface area contributed by atoms with Crippen LogP contribution in [0.15, 0.2) is 72.8 Å². The standard InChI is InChI=1S/C33H50N2O7.C18H30O5.C16H21NO3.C4H6O4.C2H4O2.B.Na/c1-26(2)33(25-34,30-9-8-28(23-36)29(22-30)24-37)12-6-13-35(3)14-11-27-7-10-31(32(21-27)39-5)42-20-19-41-18-17-40-16-15-38-4;1-3-4-5-16-6-7-18(17(14-16)15-19)23-13-12-22-11-10-21-9-8-20-2;1-12(2)16(11-17,6-3-7-18)15-5-4-13(9-19)14(8-15)10-20;1-3(5)7-8-4(2)6;1-2(3)4;;/h7-10,21-22,26,36-37H,6,11-20,23-24H2,1-5H3;6-7,14,19H,3-5,8-13,15H2,1-2H3;4-5,7-8,12,19-20H,3,6,9-10H2,1-2H3;1-2H3;1H3,(H,3,4);;/q;;;;;;+1/p-1. The topological polar surface area (TPSA) is 345 Å². The predicted molar refractivity (Wildman–Crippen MR) is 369 cm³/mol. The van der Waals surface area contributed by atoms with Gasteiger partial charge in [0.1, 0.15) is 25.2 Å². The van der Waals surface area contributed by atoms with Crippen LogP contribution in [0.2, 0.25) is 0 Å². The number of aliphatic carboxylic acids is 1. The van der Waals surface area contributed by atoms with E-state index in [-0.39, 0.29) is 82.8 Å². The summed E-state index contributed by atoms with van der Waals surface area (Å²) < 4.78 is 48.6. The zero-order valence-corrected chi connectivity index (χ0v) is 62.9. The number of aliphatic hydroxyl groups is 5. The summed E-state index contributed by atoms with van der Waals surface area (Å²) in [6.45, 7) is 20.8. The third-order valence-corrected chi connectivity index (χ3v) is 15.2. The average Bonchev–Trinajstić information content (AvgIpc) is 0.802. The first-order valence-corrected chi connectivity index (χ1v) is 32.7. The van der Waals surface area contributed by atoms with Crippen molar-refractivity contribution in [2.45, 2.75) is 151 Å². The number of ether oxygens (including phenoxy) is 9. The zero-order valence-electron chi connectivity index (χ0n) is 60.9. The molecule has 26 heteroatoms. The molecule has 24 nitrogen and oxygen atoms in total. The number of likely N-dealkylation sites (N-methyl/N-ethyl adjacent to an activating group) is 1. The van der Waals surface area contributed by atoms with Crippen molar-refractivity contribution in [2.24, 2.45) is 11.8 Å². The third-order valence-electron chi connectivity index (χ3n) is 15.2. The molecule has 2 unspecified atom stereocenters. The zero-order chi connectivity index (χ0) is 72.9. The van der Waals surface area contributed by atoms with Crippen molar-refractivity contribution in [1.29, 1.82) is 10.5 Å². The third kappa shape index (κ3) is 40.2. The largest absolute Gasteiger partial charge is 1.00 e. The first-order chi connectivity index (χ1) is 46.6. The number of rotatable bonds is 43. The van der Waals surface area contributed by atoms with Crippen molar-refractivity contribution in [3.63, 3.8) is 0 Å². The van der Waals surface area contributed by atoms with Crippen LogP contribution in [0.1, 0.15) is 144 Å². The maximum Gasteiger partial charge on any atom is 1.00 e. The van der Waals surface area contributed by atoms with E-state index in [4.69, 9.17) is 52.5 Å². The van der Waals surface area contributed by atoms with Crippen molar-refractivity contribution in [3.8, 4) is 29.4 Å². The molecular weight excluding hydrogens is 1290 g/mol. The molecule has 547 valence electrons. The summed E-state index contributed by atoms with van der Waals surface area (Å²) in [5.41, 5.74) is 6.15. The van der Waals surface area contributed by atoms with Crippen LogP contribution in [0.25, 0.3) is 0 Å². The Balaban J connectivity index is -0.00000136. The number of carbonyl (C=O) groups is 4. The van der Waals surface area contributed by atoms with E-state index in [0.29, 0.717) is 132 Å². The van der Waals surface area contributed by atoms with Gasteiger partial charge in [-0.2, -0.15) is 10.5 Å². The Morgan fingerprint density at radius 1 is 0.535 bits per heavy atom. The minimum absolute atomic E-state index is 0. The van der Waals surface area contributed by atoms with E-state index < -0.39 is 28.7 Å². The number of carbonyl (C=O) groups excluding carboxylic acids is 4. The molecule has 2 atom stereocenters. The van der Waals surface area contributed by atoms with Crippen LogP contribution >= 0.6 is 0 Å². The van der Waals surface area contributed by atoms with Crippen LogP contribution in [0.5, 0.6) is 17.2 Å². The molecule has 0 spiro atoms. The molecule has 0 amide bonds. The fourth-order valence-corrected chi connectivity index (χ4v) is 9.67. The number of nitriles is 2. The number of unbranched alkanes of at least 4 members (excludes halogenated alkanes) is 1. The van der Waals surface area contributed by atoms with E-state index in [1.54, 1.807) is 39.5 Å². The maximum atomic E-state index is 10.7. The Morgan fingerprint density at radius 3 is 1.32 bits per heavy atom. The summed E-state index contributed by atoms with van der Waals surface area (Å²) in [7, 11) is 7.03. The van der Waals surface area contributed by atoms with Gasteiger partial charge in [-0.1, -0.05) is 89.6 Å². The van der Waals surface area contributed by atoms with Crippen molar-refractivity contribution in [3.05, 3.63) is 123 Å². The first kappa shape index (κ1) is 97.1. The molecule has 0 aliphatic heterocycles. The van der Waals surface area contributed by atoms with E-state index >= 15 is 0 Å². The number of aldehydes is 1. The first-order valence-electron chi connectivity index (χ1n) is 32.7. The van der Waals surface area contributed by atoms with Crippen LogP contribution in [-0.4, -0.2) is 184 Å². The fraction of sp³-hybridized carbons (Fsp3) is 0.589. The van der Waals surface area contributed by atoms with Gasteiger partial charge in [0.15, 0.2) is 11.5 Å². The second kappa shape index (κ2) is 59.6. The molecule has 0 saturated carbocycles. The van der Waals surface area contributed by atoms with Gasteiger partial charge in [0, 0.05) is 61.0 Å². The molecule has 4 rings (SSSR count). The van der Waals surface area contributed by atoms with Crippen LogP contribution in [0.3, 0.4) is 0 Å². The molecule has 5 N–H and O–H groups in total. The Hall–Kier alpha value is -6.08. The molecule has 3 radical (unpaired) electrons. The van der Waals surface area contributed by atoms with E-state index in [2.05, 4.69) is 66.8 Å². The Kier molecular flexibility index (Phi) is 58.5. The van der Waals surface area contributed by atoms with E-state index in [9.17, 15) is 50.4 Å². The van der Waals surface area contributed by atoms with E-state index in [1.165, 1.54) is 12.0 Å². The molecule has 0 fully saturated rings. The van der Waals surface area contributed by atoms with Crippen molar-refractivity contribution >= 4 is 32.6 Å². The van der Waals surface area contributed by atoms with Gasteiger partial charge in [-0.15, -0.1) is 0 Å². The quantitative estimate of drug-likeness (QED) is 0.0136. The van der Waals surface area contributed by atoms with Crippen molar-refractivity contribution in [2.75, 3.05) is 121 Å². The smallest absolute Gasteiger partial charge is 0.550 e. The number of aryl methyl sites for hydroxylation is 1. The predicted octanol–water partition coefficient (Wildman–Crippen LogP) is 4.16. The number of aliphatic hydroxyl groups excluding tert-OH is 5. The average molecular weight is 1400 g/mol. The van der Waals surface area contributed by atoms with E-state index in [0.717, 1.165) is 93.8 Å². The Labute approximate surface area is 611 Å². The van der Waals surface area contributed by atoms with Gasteiger partial charge in [0.2, 0.25) is 0 Å². The molecule has 0 aliphatic rings. The molecule has 0 saturated heterocycles. The second-order valence-corrected chi connectivity index (χ2v) is 22.9. The Morgan fingerprint density at radius 2 is 0.939 bits per heavy atom. The second-order valence-electron chi connectivity index (χ2n) is 22.9. The SMILES string of the molecule is CC(=O)OOC(C)=O.CC(=O)[O-].CC(C)C(C#N)(CCC=O)c1ccc(CO)c(CO)c1.CCCCc1ccc(OCCOCCOCCOC)c(CO)c1.COCCOCCOCCOc1ccc(CCN(C)CCCC(C#N)(c2ccc(CO)c(CO)c2)C(C)C)cc1OC.[B].[Na+]. The summed E-state index contributed by atoms with van der Waals surface area (Å²) in [5.74, 6) is -0.109. The van der Waals surface area contributed by atoms with Crippen LogP contribution < -0.4 is 48.9 Å². The van der Waals surface area contributed by atoms with Gasteiger partial charge in [-0.25, -0.2) is 19.4 Å². The Bertz CT molecular complexity index is 2880. The number of hydrogen-bond donors (Lipinski definition) is 5. The van der Waals surface area contributed by atoms with Crippen molar-refractivity contribution < 1.29 is 132 Å². The van der Waals surface area contributed by atoms with Crippen LogP contribution in [0, 0.1) is 34.5 Å². The summed E-state index contributed by atoms with van der Waals surface area (Å²) in [6, 6.07) is 27.9. The number of benzene rings is 4. The van der Waals surface area contributed by atoms with Gasteiger partial charge in [0.25, 0.3) is 0 Å². The van der Waals surface area contributed by atoms with Crippen LogP contribution in [0.4, 0.5) is 0 Å². The molecular formula is C73H110BN3NaO21. The molecule has 0 heterocycles. The van der Waals surface area contributed by atoms with Gasteiger partial charge in [-0.05, 0) is 140 Å². The summed E-state index contributed by atoms with van der Waals surface area (Å²) >= 11 is 0. The minimum Gasteiger partial charge on any atom is -0.550 e. The molecule has 0 aromatic heterocycles. The van der Waals surface area contributed by atoms with Crippen molar-refractivity contribution in [1.82, 2.24) is 4.90 Å². The summed E-state index contributed by atoms with van der Waals surface area (Å²) in [6.07, 6.45) is 7.38. The summed E-state index contributed by atoms with van der Waals surface area (Å²) in [4.78, 5) is 49.2. The normalized spacial score (nSPS) is 11.7. The number of methoxy groups -OCH3 is 3. The summed E-state index contributed by atoms with van der Waals surface area (Å²) in [5, 5.41) is 76.2. The van der Waals surface area contributed by atoms with Gasteiger partial charge < -0.3 is 87.8 Å². The molecule has 4 aromatic rings.